The van der Waals surface area contributed by atoms with Gasteiger partial charge in [0.1, 0.15) is 0 Å². The van der Waals surface area contributed by atoms with Crippen molar-refractivity contribution in [3.8, 4) is 89.5 Å². The number of hydrogen-bond donors (Lipinski definition) is 10. The molecule has 20 heteroatoms. The normalized spacial score (nSPS) is 11.9. The number of nitrogens with one attached hydrogen (secondary N) is 6. The third-order valence-corrected chi connectivity index (χ3v) is 22.1. The van der Waals surface area contributed by atoms with Crippen LogP contribution in [0.4, 0.5) is 22.7 Å². The van der Waals surface area contributed by atoms with Gasteiger partial charge in [0.05, 0.1) is 151 Å². The molecule has 3 aliphatic rings. The first-order valence-electron chi connectivity index (χ1n) is 41.8. The van der Waals surface area contributed by atoms with E-state index >= 15 is 0 Å². The third kappa shape index (κ3) is 17.8. The molecule has 1 aliphatic carbocycles. The van der Waals surface area contributed by atoms with E-state index in [0.29, 0.717) is 158 Å². The van der Waals surface area contributed by atoms with Crippen molar-refractivity contribution in [1.29, 1.82) is 0 Å². The summed E-state index contributed by atoms with van der Waals surface area (Å²) in [6.07, 6.45) is 0. The van der Waals surface area contributed by atoms with Gasteiger partial charge in [-0.05, 0) is 162 Å². The van der Waals surface area contributed by atoms with Crippen LogP contribution in [0.2, 0.25) is 0 Å². The number of nitrogens with zero attached hydrogens (tertiary/aromatic N) is 2. The van der Waals surface area contributed by atoms with Crippen LogP contribution in [0.25, 0.3) is 176 Å². The standard InChI is InChI=1S/C100H102N12O8/c101-33-41-113-49-53-117-45-37-105-77-25-17-65(18-26-77)89-93-81-57-69-9-1-2-10-70(69)58-82(81)94(109-93)90(66-19-27-78(28-20-66)106-38-46-118-54-50-114-42-34-102)96-85-61-73-13-5-6-14-74(73)62-86(85)98(111-96)92(68-23-31-80(32-24-68)108-40-48-120-56-52-116-44-36-104)100-88-64-76-16-8-7-15-75(76)63-87(88)99(112-100)91(67-21-29-79(30-22-67)107-39-47-119-55-51-115-43-35-103)97-84-60-72-12-4-3-11-71(72)59-83(84)95(89)110-97/h1-32,57-64,105-109,112H,33-56,101-104H2. The molecule has 0 radical (unpaired) electrons. The number of nitrogens with two attached hydrogens (primary N) is 4. The second-order valence-corrected chi connectivity index (χ2v) is 29.9. The van der Waals surface area contributed by atoms with Crippen molar-refractivity contribution in [2.45, 2.75) is 0 Å². The Bertz CT molecular complexity index is 5530. The monoisotopic (exact) mass is 1600 g/mol. The summed E-state index contributed by atoms with van der Waals surface area (Å²) in [7, 11) is 0. The van der Waals surface area contributed by atoms with E-state index < -0.39 is 0 Å². The maximum atomic E-state index is 6.38. The van der Waals surface area contributed by atoms with E-state index in [1.807, 2.05) is 0 Å². The van der Waals surface area contributed by atoms with Crippen molar-refractivity contribution in [1.82, 2.24) is 19.9 Å². The number of ether oxygens (including phenoxy) is 8. The number of benzene rings is 12. The topological polar surface area (TPSA) is 283 Å². The maximum absolute atomic E-state index is 6.38. The summed E-state index contributed by atoms with van der Waals surface area (Å²) in [4.78, 5) is 21.5. The minimum atomic E-state index is 0.468. The van der Waals surface area contributed by atoms with Crippen LogP contribution in [0.5, 0.6) is 0 Å². The minimum absolute atomic E-state index is 0.468. The van der Waals surface area contributed by atoms with E-state index in [-0.39, 0.29) is 0 Å². The van der Waals surface area contributed by atoms with Crippen molar-refractivity contribution in [2.24, 2.45) is 22.9 Å². The fourth-order valence-electron chi connectivity index (χ4n) is 16.4. The molecule has 8 bridgehead atoms. The van der Waals surface area contributed by atoms with Crippen LogP contribution in [0.15, 0.2) is 243 Å². The fraction of sp³-hybridized carbons (Fsp3) is 0.240. The molecule has 14 aromatic rings. The average Bonchev–Trinajstić information content (AvgIpc) is 1.55. The van der Waals surface area contributed by atoms with Gasteiger partial charge in [-0.2, -0.15) is 0 Å². The summed E-state index contributed by atoms with van der Waals surface area (Å²) in [5, 5.41) is 27.4. The molecule has 2 aliphatic heterocycles. The summed E-state index contributed by atoms with van der Waals surface area (Å²) in [6, 6.07) is 88.8. The summed E-state index contributed by atoms with van der Waals surface area (Å²) in [6.45, 7) is 12.0. The predicted molar refractivity (Wildman–Crippen MR) is 493 cm³/mol. The first-order valence-corrected chi connectivity index (χ1v) is 41.8. The highest BCUT2D eigenvalue weighted by molar-refractivity contribution is 6.25. The number of aromatic nitrogens is 4. The van der Waals surface area contributed by atoms with Crippen LogP contribution in [-0.2, 0) is 37.9 Å². The van der Waals surface area contributed by atoms with Crippen LogP contribution in [0.1, 0.15) is 0 Å². The summed E-state index contributed by atoms with van der Waals surface area (Å²) in [5.41, 5.74) is 44.8. The van der Waals surface area contributed by atoms with Gasteiger partial charge >= 0.3 is 0 Å². The Morgan fingerprint density at radius 1 is 0.225 bits per heavy atom. The average molecular weight is 1600 g/mol. The lowest BCUT2D eigenvalue weighted by atomic mass is 9.91. The van der Waals surface area contributed by atoms with Crippen LogP contribution >= 0.6 is 0 Å². The van der Waals surface area contributed by atoms with Crippen molar-refractivity contribution in [2.75, 3.05) is 179 Å². The second kappa shape index (κ2) is 38.8. The van der Waals surface area contributed by atoms with E-state index in [4.69, 9.17) is 70.8 Å². The van der Waals surface area contributed by atoms with E-state index in [0.717, 1.165) is 199 Å². The fourth-order valence-corrected chi connectivity index (χ4v) is 16.4. The molecule has 0 amide bonds. The van der Waals surface area contributed by atoms with Gasteiger partial charge in [0, 0.05) is 141 Å². The molecular weight excluding hydrogens is 1500 g/mol. The quantitative estimate of drug-likeness (QED) is 0.0160. The maximum Gasteiger partial charge on any atom is 0.0816 e. The Balaban J connectivity index is 0.998. The van der Waals surface area contributed by atoms with E-state index in [1.165, 1.54) is 0 Å². The lowest BCUT2D eigenvalue weighted by Gasteiger charge is -2.12. The number of hydrogen-bond acceptors (Lipinski definition) is 18. The van der Waals surface area contributed by atoms with Crippen molar-refractivity contribution in [3.05, 3.63) is 243 Å². The van der Waals surface area contributed by atoms with Gasteiger partial charge in [-0.25, -0.2) is 9.97 Å². The second-order valence-electron chi connectivity index (χ2n) is 29.9. The number of rotatable bonds is 40. The van der Waals surface area contributed by atoms with Crippen LogP contribution in [0.3, 0.4) is 0 Å². The van der Waals surface area contributed by atoms with Crippen LogP contribution in [-0.4, -0.2) is 178 Å². The summed E-state index contributed by atoms with van der Waals surface area (Å²) < 4.78 is 46.6. The molecule has 17 rings (SSSR count). The lowest BCUT2D eigenvalue weighted by Crippen LogP contribution is -2.14. The Morgan fingerprint density at radius 3 is 0.617 bits per heavy atom. The van der Waals surface area contributed by atoms with Gasteiger partial charge in [-0.15, -0.1) is 0 Å². The van der Waals surface area contributed by atoms with Crippen molar-refractivity contribution in [3.63, 3.8) is 0 Å². The molecule has 0 saturated carbocycles. The van der Waals surface area contributed by atoms with Gasteiger partial charge in [0.25, 0.3) is 0 Å². The zero-order chi connectivity index (χ0) is 81.4. The first kappa shape index (κ1) is 80.5. The molecule has 0 atom stereocenters. The van der Waals surface area contributed by atoms with E-state index in [1.54, 1.807) is 0 Å². The number of anilines is 4. The predicted octanol–water partition coefficient (Wildman–Crippen LogP) is 18.2. The smallest absolute Gasteiger partial charge is 0.0816 e. The Morgan fingerprint density at radius 2 is 0.417 bits per heavy atom. The van der Waals surface area contributed by atoms with Crippen LogP contribution in [0, 0.1) is 0 Å². The number of fused-ring (bicyclic) bond motifs is 4. The molecule has 0 unspecified atom stereocenters. The molecule has 4 heterocycles. The largest absolute Gasteiger partial charge is 0.383 e. The third-order valence-electron chi connectivity index (χ3n) is 22.1. The van der Waals surface area contributed by atoms with Gasteiger partial charge < -0.3 is 92.1 Å². The molecule has 120 heavy (non-hydrogen) atoms. The molecule has 20 nitrogen and oxygen atoms in total. The van der Waals surface area contributed by atoms with E-state index in [2.05, 4.69) is 274 Å². The lowest BCUT2D eigenvalue weighted by molar-refractivity contribution is 0.0548. The molecule has 0 fully saturated rings. The number of H-pyrrole nitrogens is 2. The highest BCUT2D eigenvalue weighted by Gasteiger charge is 2.32. The Hall–Kier alpha value is -12.0. The zero-order valence-corrected chi connectivity index (χ0v) is 67.5. The Kier molecular flexibility index (Phi) is 26.0. The molecular formula is C100H102N12O8. The molecule has 14 N–H and O–H groups in total. The molecule has 0 spiro atoms. The minimum Gasteiger partial charge on any atom is -0.383 e. The zero-order valence-electron chi connectivity index (χ0n) is 67.5. The van der Waals surface area contributed by atoms with Crippen LogP contribution < -0.4 is 44.2 Å². The molecule has 2 aromatic heterocycles. The van der Waals surface area contributed by atoms with E-state index in [9.17, 15) is 0 Å². The van der Waals surface area contributed by atoms with Gasteiger partial charge in [-0.1, -0.05) is 146 Å². The summed E-state index contributed by atoms with van der Waals surface area (Å²) in [5.74, 6) is 0. The molecule has 12 aromatic carbocycles. The highest BCUT2D eigenvalue weighted by Crippen LogP contribution is 2.54. The first-order chi connectivity index (χ1) is 59.4. The molecule has 610 valence electrons. The SMILES string of the molecule is NCCOCCOCCNc1ccc(-c2c3nc(c(-c4ccc(NCCOCCOCCN)cc4)c4[nH]c(c(-c5ccc(NCCOCCOCCN)cc5)c5nc(c(-c6ccc(NCCOCCOCCN)cc6)c6[nH]c2c2cc7ccccc7cc62)-c2cc6ccccc6cc2-5)c2cc5ccccc5cc42)-c2cc4ccccc4cc2-3)cc1. The number of aromatic amines is 2. The Labute approximate surface area is 697 Å². The van der Waals surface area contributed by atoms with Gasteiger partial charge in [0.15, 0.2) is 0 Å². The van der Waals surface area contributed by atoms with Crippen molar-refractivity contribution >= 4 is 109 Å². The van der Waals surface area contributed by atoms with Gasteiger partial charge in [0.2, 0.25) is 0 Å². The van der Waals surface area contributed by atoms with Gasteiger partial charge in [-0.3, -0.25) is 0 Å². The highest BCUT2D eigenvalue weighted by atomic mass is 16.5. The summed E-state index contributed by atoms with van der Waals surface area (Å²) >= 11 is 0. The molecule has 0 saturated heterocycles. The van der Waals surface area contributed by atoms with Crippen molar-refractivity contribution < 1.29 is 37.9 Å².